The SMILES string of the molecule is CCc1ccc(C=C2SC(=S)N(CCc3ccc(OC)cc3)C2=O)cc1. The molecule has 0 aromatic heterocycles. The third kappa shape index (κ3) is 4.34. The fourth-order valence-electron chi connectivity index (χ4n) is 2.73. The van der Waals surface area contributed by atoms with Crippen LogP contribution in [0.25, 0.3) is 6.08 Å². The maximum atomic E-state index is 12.7. The third-order valence-electron chi connectivity index (χ3n) is 4.34. The molecule has 0 bridgehead atoms. The molecule has 0 atom stereocenters. The van der Waals surface area contributed by atoms with Gasteiger partial charge in [-0.1, -0.05) is 67.3 Å². The van der Waals surface area contributed by atoms with E-state index in [9.17, 15) is 4.79 Å². The van der Waals surface area contributed by atoms with E-state index in [4.69, 9.17) is 17.0 Å². The number of hydrogen-bond donors (Lipinski definition) is 0. The van der Waals surface area contributed by atoms with Crippen LogP contribution in [0.4, 0.5) is 0 Å². The lowest BCUT2D eigenvalue weighted by Crippen LogP contribution is -2.30. The molecule has 0 spiro atoms. The molecule has 1 amide bonds. The van der Waals surface area contributed by atoms with Gasteiger partial charge < -0.3 is 4.74 Å². The molecule has 2 aromatic rings. The number of methoxy groups -OCH3 is 1. The lowest BCUT2D eigenvalue weighted by atomic mass is 10.1. The molecule has 3 rings (SSSR count). The van der Waals surface area contributed by atoms with Gasteiger partial charge in [0, 0.05) is 6.54 Å². The largest absolute Gasteiger partial charge is 0.497 e. The van der Waals surface area contributed by atoms with Crippen LogP contribution in [0, 0.1) is 0 Å². The predicted molar refractivity (Wildman–Crippen MR) is 112 cm³/mol. The Morgan fingerprint density at radius 1 is 1.08 bits per heavy atom. The molecule has 1 fully saturated rings. The van der Waals surface area contributed by atoms with Crippen LogP contribution in [-0.2, 0) is 17.6 Å². The van der Waals surface area contributed by atoms with Crippen molar-refractivity contribution in [3.8, 4) is 5.75 Å². The van der Waals surface area contributed by atoms with Gasteiger partial charge in [0.15, 0.2) is 0 Å². The van der Waals surface area contributed by atoms with E-state index in [-0.39, 0.29) is 5.91 Å². The van der Waals surface area contributed by atoms with Gasteiger partial charge in [-0.05, 0) is 47.7 Å². The molecule has 3 nitrogen and oxygen atoms in total. The molecule has 0 unspecified atom stereocenters. The van der Waals surface area contributed by atoms with Crippen LogP contribution >= 0.6 is 24.0 Å². The number of nitrogens with zero attached hydrogens (tertiary/aromatic N) is 1. The normalized spacial score (nSPS) is 15.8. The minimum atomic E-state index is -0.00641. The number of carbonyl (C=O) groups is 1. The van der Waals surface area contributed by atoms with Gasteiger partial charge in [-0.15, -0.1) is 0 Å². The molecule has 134 valence electrons. The summed E-state index contributed by atoms with van der Waals surface area (Å²) < 4.78 is 5.80. The van der Waals surface area contributed by atoms with E-state index in [1.807, 2.05) is 42.5 Å². The lowest BCUT2D eigenvalue weighted by Gasteiger charge is -2.14. The number of aryl methyl sites for hydroxylation is 1. The Kier molecular flexibility index (Phi) is 6.12. The van der Waals surface area contributed by atoms with Crippen molar-refractivity contribution in [3.63, 3.8) is 0 Å². The molecule has 0 saturated carbocycles. The number of ether oxygens (including phenoxy) is 1. The monoisotopic (exact) mass is 383 g/mol. The summed E-state index contributed by atoms with van der Waals surface area (Å²) in [4.78, 5) is 15.1. The van der Waals surface area contributed by atoms with Crippen LogP contribution in [0.1, 0.15) is 23.6 Å². The van der Waals surface area contributed by atoms with Crippen molar-refractivity contribution < 1.29 is 9.53 Å². The standard InChI is InChI=1S/C21H21NO2S2/c1-3-15-4-6-17(7-5-15)14-19-20(23)22(21(25)26-19)13-12-16-8-10-18(24-2)11-9-16/h4-11,14H,3,12-13H2,1-2H3. The molecule has 0 aliphatic carbocycles. The fraction of sp³-hybridized carbons (Fsp3) is 0.238. The van der Waals surface area contributed by atoms with Crippen molar-refractivity contribution in [1.29, 1.82) is 0 Å². The van der Waals surface area contributed by atoms with Gasteiger partial charge in [-0.3, -0.25) is 9.69 Å². The lowest BCUT2D eigenvalue weighted by molar-refractivity contribution is -0.122. The van der Waals surface area contributed by atoms with Gasteiger partial charge in [0.25, 0.3) is 5.91 Å². The van der Waals surface area contributed by atoms with Gasteiger partial charge in [-0.25, -0.2) is 0 Å². The second kappa shape index (κ2) is 8.52. The van der Waals surface area contributed by atoms with Crippen LogP contribution in [0.3, 0.4) is 0 Å². The summed E-state index contributed by atoms with van der Waals surface area (Å²) in [6.07, 6.45) is 3.69. The highest BCUT2D eigenvalue weighted by Crippen LogP contribution is 2.32. The Balaban J connectivity index is 1.66. The molecule has 2 aromatic carbocycles. The summed E-state index contributed by atoms with van der Waals surface area (Å²) in [6.45, 7) is 2.71. The Morgan fingerprint density at radius 2 is 1.73 bits per heavy atom. The van der Waals surface area contributed by atoms with Crippen molar-refractivity contribution in [1.82, 2.24) is 4.90 Å². The van der Waals surface area contributed by atoms with Crippen LogP contribution in [0.5, 0.6) is 5.75 Å². The van der Waals surface area contributed by atoms with Gasteiger partial charge in [-0.2, -0.15) is 0 Å². The Labute approximate surface area is 164 Å². The number of amides is 1. The topological polar surface area (TPSA) is 29.5 Å². The molecular formula is C21H21NO2S2. The van der Waals surface area contributed by atoms with Crippen molar-refractivity contribution in [3.05, 3.63) is 70.1 Å². The summed E-state index contributed by atoms with van der Waals surface area (Å²) in [5, 5.41) is 0. The summed E-state index contributed by atoms with van der Waals surface area (Å²) in [7, 11) is 1.65. The molecule has 1 heterocycles. The predicted octanol–water partition coefficient (Wildman–Crippen LogP) is 4.70. The average molecular weight is 384 g/mol. The van der Waals surface area contributed by atoms with E-state index in [1.54, 1.807) is 12.0 Å². The number of thioether (sulfide) groups is 1. The second-order valence-corrected chi connectivity index (χ2v) is 7.70. The number of thiocarbonyl (C=S) groups is 1. The Morgan fingerprint density at radius 3 is 2.35 bits per heavy atom. The van der Waals surface area contributed by atoms with Gasteiger partial charge >= 0.3 is 0 Å². The van der Waals surface area contributed by atoms with Crippen LogP contribution in [0.15, 0.2) is 53.4 Å². The summed E-state index contributed by atoms with van der Waals surface area (Å²) in [5.74, 6) is 0.824. The molecule has 1 saturated heterocycles. The molecule has 0 N–H and O–H groups in total. The smallest absolute Gasteiger partial charge is 0.266 e. The molecule has 1 aliphatic rings. The molecule has 1 aliphatic heterocycles. The highest BCUT2D eigenvalue weighted by Gasteiger charge is 2.31. The van der Waals surface area contributed by atoms with Gasteiger partial charge in [0.1, 0.15) is 10.1 Å². The van der Waals surface area contributed by atoms with E-state index in [0.717, 1.165) is 29.7 Å². The summed E-state index contributed by atoms with van der Waals surface area (Å²) >= 11 is 6.79. The zero-order valence-corrected chi connectivity index (χ0v) is 16.5. The number of rotatable bonds is 6. The van der Waals surface area contributed by atoms with Crippen molar-refractivity contribution in [2.75, 3.05) is 13.7 Å². The summed E-state index contributed by atoms with van der Waals surface area (Å²) in [5.41, 5.74) is 3.46. The van der Waals surface area contributed by atoms with Gasteiger partial charge in [0.05, 0.1) is 12.0 Å². The first-order valence-corrected chi connectivity index (χ1v) is 9.80. The Hall–Kier alpha value is -2.11. The quantitative estimate of drug-likeness (QED) is 0.534. The van der Waals surface area contributed by atoms with E-state index in [2.05, 4.69) is 19.1 Å². The maximum absolute atomic E-state index is 12.7. The van der Waals surface area contributed by atoms with Gasteiger partial charge in [0.2, 0.25) is 0 Å². The highest BCUT2D eigenvalue weighted by atomic mass is 32.2. The van der Waals surface area contributed by atoms with E-state index < -0.39 is 0 Å². The maximum Gasteiger partial charge on any atom is 0.266 e. The third-order valence-corrected chi connectivity index (χ3v) is 5.72. The fourth-order valence-corrected chi connectivity index (χ4v) is 4.04. The minimum Gasteiger partial charge on any atom is -0.497 e. The van der Waals surface area contributed by atoms with E-state index >= 15 is 0 Å². The first-order chi connectivity index (χ1) is 12.6. The molecule has 26 heavy (non-hydrogen) atoms. The van der Waals surface area contributed by atoms with E-state index in [0.29, 0.717) is 15.8 Å². The van der Waals surface area contributed by atoms with Crippen LogP contribution in [-0.4, -0.2) is 28.8 Å². The molecule has 5 heteroatoms. The summed E-state index contributed by atoms with van der Waals surface area (Å²) in [6, 6.07) is 16.2. The zero-order valence-electron chi connectivity index (χ0n) is 14.9. The first-order valence-electron chi connectivity index (χ1n) is 8.58. The van der Waals surface area contributed by atoms with Crippen molar-refractivity contribution in [2.24, 2.45) is 0 Å². The second-order valence-electron chi connectivity index (χ2n) is 6.03. The van der Waals surface area contributed by atoms with Crippen molar-refractivity contribution in [2.45, 2.75) is 19.8 Å². The average Bonchev–Trinajstić information content (AvgIpc) is 2.94. The number of hydrogen-bond acceptors (Lipinski definition) is 4. The van der Waals surface area contributed by atoms with Crippen molar-refractivity contribution >= 4 is 40.3 Å². The molecular weight excluding hydrogens is 362 g/mol. The molecule has 0 radical (unpaired) electrons. The van der Waals surface area contributed by atoms with Crippen LogP contribution < -0.4 is 4.74 Å². The Bertz CT molecular complexity index is 826. The zero-order chi connectivity index (χ0) is 18.5. The minimum absolute atomic E-state index is 0.00641. The van der Waals surface area contributed by atoms with E-state index in [1.165, 1.54) is 17.3 Å². The number of benzene rings is 2. The highest BCUT2D eigenvalue weighted by molar-refractivity contribution is 8.26. The number of carbonyl (C=O) groups excluding carboxylic acids is 1. The van der Waals surface area contributed by atoms with Crippen LogP contribution in [0.2, 0.25) is 0 Å². The first kappa shape index (κ1) is 18.7.